The molecule has 2 N–H and O–H groups in total. The third-order valence-corrected chi connectivity index (χ3v) is 3.99. The summed E-state index contributed by atoms with van der Waals surface area (Å²) < 4.78 is 13.7. The molecule has 128 valence electrons. The molecule has 0 spiro atoms. The molecule has 0 fully saturated rings. The first-order chi connectivity index (χ1) is 12.0. The average molecular weight is 336 g/mol. The largest absolute Gasteiger partial charge is 0.366 e. The number of benzene rings is 2. The van der Waals surface area contributed by atoms with Gasteiger partial charge >= 0.3 is 0 Å². The zero-order chi connectivity index (χ0) is 17.8. The summed E-state index contributed by atoms with van der Waals surface area (Å²) in [6.07, 6.45) is 0. The van der Waals surface area contributed by atoms with Gasteiger partial charge in [0.1, 0.15) is 11.6 Å². The number of nitrogens with zero attached hydrogens (tertiary/aromatic N) is 2. The van der Waals surface area contributed by atoms with Gasteiger partial charge in [0.2, 0.25) is 5.95 Å². The van der Waals surface area contributed by atoms with Crippen LogP contribution in [0, 0.1) is 26.6 Å². The third-order valence-electron chi connectivity index (χ3n) is 3.99. The molecule has 3 aromatic rings. The Morgan fingerprint density at radius 1 is 0.920 bits per heavy atom. The molecular formula is C20H21FN4. The van der Waals surface area contributed by atoms with Gasteiger partial charge in [-0.05, 0) is 38.0 Å². The Morgan fingerprint density at radius 2 is 1.64 bits per heavy atom. The fourth-order valence-electron chi connectivity index (χ4n) is 2.67. The number of hydrogen-bond donors (Lipinski definition) is 2. The molecule has 25 heavy (non-hydrogen) atoms. The first-order valence-electron chi connectivity index (χ1n) is 8.19. The Balaban J connectivity index is 1.80. The van der Waals surface area contributed by atoms with Gasteiger partial charge in [0.25, 0.3) is 0 Å². The Kier molecular flexibility index (Phi) is 4.93. The third kappa shape index (κ3) is 4.12. The predicted molar refractivity (Wildman–Crippen MR) is 99.7 cm³/mol. The lowest BCUT2D eigenvalue weighted by molar-refractivity contribution is 0.613. The summed E-state index contributed by atoms with van der Waals surface area (Å²) in [4.78, 5) is 8.95. The van der Waals surface area contributed by atoms with Gasteiger partial charge in [-0.15, -0.1) is 0 Å². The molecule has 3 rings (SSSR count). The molecule has 0 aliphatic heterocycles. The van der Waals surface area contributed by atoms with E-state index >= 15 is 0 Å². The first-order valence-corrected chi connectivity index (χ1v) is 8.19. The van der Waals surface area contributed by atoms with Gasteiger partial charge in [-0.1, -0.05) is 36.4 Å². The standard InChI is InChI=1S/C20H21FN4/c1-13-7-6-8-14(2)19(13)25-20-23-15(3)11-18(24-20)22-12-16-9-4-5-10-17(16)21/h4-11H,12H2,1-3H3,(H2,22,23,24,25). The first kappa shape index (κ1) is 16.9. The van der Waals surface area contributed by atoms with E-state index in [2.05, 4.69) is 20.6 Å². The maximum Gasteiger partial charge on any atom is 0.229 e. The van der Waals surface area contributed by atoms with E-state index in [4.69, 9.17) is 0 Å². The highest BCUT2D eigenvalue weighted by Gasteiger charge is 2.07. The second-order valence-electron chi connectivity index (χ2n) is 6.05. The smallest absolute Gasteiger partial charge is 0.229 e. The van der Waals surface area contributed by atoms with Crippen molar-refractivity contribution in [3.63, 3.8) is 0 Å². The molecule has 0 unspecified atom stereocenters. The van der Waals surface area contributed by atoms with Crippen LogP contribution in [0.3, 0.4) is 0 Å². The molecule has 0 amide bonds. The fourth-order valence-corrected chi connectivity index (χ4v) is 2.67. The van der Waals surface area contributed by atoms with Crippen LogP contribution in [0.1, 0.15) is 22.4 Å². The number of halogens is 1. The molecule has 1 aromatic heterocycles. The van der Waals surface area contributed by atoms with Gasteiger partial charge in [0, 0.05) is 29.6 Å². The van der Waals surface area contributed by atoms with E-state index in [-0.39, 0.29) is 5.82 Å². The van der Waals surface area contributed by atoms with Crippen molar-refractivity contribution in [3.05, 3.63) is 76.7 Å². The predicted octanol–water partition coefficient (Wildman–Crippen LogP) is 4.90. The Hall–Kier alpha value is -2.95. The summed E-state index contributed by atoms with van der Waals surface area (Å²) >= 11 is 0. The normalized spacial score (nSPS) is 10.6. The maximum atomic E-state index is 13.7. The highest BCUT2D eigenvalue weighted by atomic mass is 19.1. The van der Waals surface area contributed by atoms with Crippen molar-refractivity contribution >= 4 is 17.5 Å². The minimum absolute atomic E-state index is 0.227. The van der Waals surface area contributed by atoms with Gasteiger partial charge in [0.15, 0.2) is 0 Å². The number of para-hydroxylation sites is 1. The maximum absolute atomic E-state index is 13.7. The number of anilines is 3. The van der Waals surface area contributed by atoms with Crippen LogP contribution in [-0.4, -0.2) is 9.97 Å². The fraction of sp³-hybridized carbons (Fsp3) is 0.200. The van der Waals surface area contributed by atoms with Crippen LogP contribution in [0.25, 0.3) is 0 Å². The van der Waals surface area contributed by atoms with Crippen molar-refractivity contribution in [2.75, 3.05) is 10.6 Å². The van der Waals surface area contributed by atoms with Crippen LogP contribution in [0.15, 0.2) is 48.5 Å². The second-order valence-corrected chi connectivity index (χ2v) is 6.05. The summed E-state index contributed by atoms with van der Waals surface area (Å²) in [6.45, 7) is 6.36. The highest BCUT2D eigenvalue weighted by Crippen LogP contribution is 2.23. The topological polar surface area (TPSA) is 49.8 Å². The molecule has 4 nitrogen and oxygen atoms in total. The molecule has 0 atom stereocenters. The summed E-state index contributed by atoms with van der Waals surface area (Å²) in [5.74, 6) is 0.951. The Bertz CT molecular complexity index is 872. The van der Waals surface area contributed by atoms with Crippen molar-refractivity contribution in [1.82, 2.24) is 9.97 Å². The number of rotatable bonds is 5. The molecule has 0 saturated heterocycles. The summed E-state index contributed by atoms with van der Waals surface area (Å²) in [5.41, 5.74) is 4.70. The lowest BCUT2D eigenvalue weighted by Gasteiger charge is -2.13. The van der Waals surface area contributed by atoms with Crippen LogP contribution in [0.5, 0.6) is 0 Å². The number of aromatic nitrogens is 2. The van der Waals surface area contributed by atoms with Gasteiger partial charge < -0.3 is 10.6 Å². The van der Waals surface area contributed by atoms with Crippen LogP contribution in [0.2, 0.25) is 0 Å². The van der Waals surface area contributed by atoms with E-state index in [1.807, 2.05) is 51.1 Å². The number of nitrogens with one attached hydrogen (secondary N) is 2. The van der Waals surface area contributed by atoms with E-state index in [0.717, 1.165) is 22.5 Å². The molecule has 0 aliphatic carbocycles. The van der Waals surface area contributed by atoms with Crippen LogP contribution < -0.4 is 10.6 Å². The van der Waals surface area contributed by atoms with Crippen molar-refractivity contribution in [1.29, 1.82) is 0 Å². The monoisotopic (exact) mass is 336 g/mol. The zero-order valence-corrected chi connectivity index (χ0v) is 14.6. The summed E-state index contributed by atoms with van der Waals surface area (Å²) in [6, 6.07) is 14.7. The van der Waals surface area contributed by atoms with Gasteiger partial charge in [-0.25, -0.2) is 9.37 Å². The van der Waals surface area contributed by atoms with Crippen LogP contribution in [-0.2, 0) is 6.54 Å². The molecule has 5 heteroatoms. The van der Waals surface area contributed by atoms with Crippen molar-refractivity contribution < 1.29 is 4.39 Å². The molecule has 0 radical (unpaired) electrons. The van der Waals surface area contributed by atoms with Crippen LogP contribution >= 0.6 is 0 Å². The van der Waals surface area contributed by atoms with Crippen molar-refractivity contribution in [2.45, 2.75) is 27.3 Å². The highest BCUT2D eigenvalue weighted by molar-refractivity contribution is 5.63. The van der Waals surface area contributed by atoms with E-state index in [0.29, 0.717) is 23.9 Å². The molecule has 2 aromatic carbocycles. The van der Waals surface area contributed by atoms with Gasteiger partial charge in [-0.3, -0.25) is 0 Å². The summed E-state index contributed by atoms with van der Waals surface area (Å²) in [5, 5.41) is 6.46. The van der Waals surface area contributed by atoms with Crippen molar-refractivity contribution in [3.8, 4) is 0 Å². The van der Waals surface area contributed by atoms with Gasteiger partial charge in [0.05, 0.1) is 0 Å². The Labute approximate surface area is 147 Å². The minimum atomic E-state index is -0.227. The number of hydrogen-bond acceptors (Lipinski definition) is 4. The summed E-state index contributed by atoms with van der Waals surface area (Å²) in [7, 11) is 0. The SMILES string of the molecule is Cc1cc(NCc2ccccc2F)nc(Nc2c(C)cccc2C)n1. The molecule has 0 aliphatic rings. The minimum Gasteiger partial charge on any atom is -0.366 e. The molecule has 1 heterocycles. The van der Waals surface area contributed by atoms with E-state index < -0.39 is 0 Å². The molecular weight excluding hydrogens is 315 g/mol. The van der Waals surface area contributed by atoms with Crippen LogP contribution in [0.4, 0.5) is 21.8 Å². The average Bonchev–Trinajstić information content (AvgIpc) is 2.57. The van der Waals surface area contributed by atoms with E-state index in [1.165, 1.54) is 6.07 Å². The van der Waals surface area contributed by atoms with Crippen molar-refractivity contribution in [2.24, 2.45) is 0 Å². The lowest BCUT2D eigenvalue weighted by Crippen LogP contribution is -2.07. The zero-order valence-electron chi connectivity index (χ0n) is 14.6. The Morgan fingerprint density at radius 3 is 2.36 bits per heavy atom. The lowest BCUT2D eigenvalue weighted by atomic mass is 10.1. The van der Waals surface area contributed by atoms with Gasteiger partial charge in [-0.2, -0.15) is 4.98 Å². The molecule has 0 bridgehead atoms. The van der Waals surface area contributed by atoms with E-state index in [9.17, 15) is 4.39 Å². The van der Waals surface area contributed by atoms with E-state index in [1.54, 1.807) is 12.1 Å². The second kappa shape index (κ2) is 7.30. The number of aryl methyl sites for hydroxylation is 3. The molecule has 0 saturated carbocycles. The quantitative estimate of drug-likeness (QED) is 0.696.